The van der Waals surface area contributed by atoms with Crippen molar-refractivity contribution in [3.05, 3.63) is 24.3 Å². The highest BCUT2D eigenvalue weighted by Gasteiger charge is 2.02. The lowest BCUT2D eigenvalue weighted by atomic mass is 10.0. The molecule has 0 aliphatic carbocycles. The number of rotatable bonds is 20. The van der Waals surface area contributed by atoms with Crippen LogP contribution in [-0.2, 0) is 4.79 Å². The molecule has 1 aromatic carbocycles. The first kappa shape index (κ1) is 26.3. The molecule has 4 nitrogen and oxygen atoms in total. The van der Waals surface area contributed by atoms with Crippen LogP contribution in [0.25, 0.3) is 0 Å². The Kier molecular flexibility index (Phi) is 16.9. The summed E-state index contributed by atoms with van der Waals surface area (Å²) in [5, 5.41) is 6.16. The zero-order chi connectivity index (χ0) is 21.7. The zero-order valence-corrected chi connectivity index (χ0v) is 19.6. The van der Waals surface area contributed by atoms with Crippen molar-refractivity contribution in [3.63, 3.8) is 0 Å². The minimum Gasteiger partial charge on any atom is -0.494 e. The molecule has 172 valence electrons. The van der Waals surface area contributed by atoms with E-state index in [0.29, 0.717) is 13.2 Å². The van der Waals surface area contributed by atoms with E-state index in [0.717, 1.165) is 24.4 Å². The highest BCUT2D eigenvalue weighted by Crippen LogP contribution is 2.17. The average molecular weight is 419 g/mol. The van der Waals surface area contributed by atoms with E-state index in [-0.39, 0.29) is 5.91 Å². The summed E-state index contributed by atoms with van der Waals surface area (Å²) in [6.07, 6.45) is 19.0. The lowest BCUT2D eigenvalue weighted by Gasteiger charge is -2.09. The van der Waals surface area contributed by atoms with Crippen LogP contribution >= 0.6 is 0 Å². The molecule has 1 amide bonds. The van der Waals surface area contributed by atoms with Crippen LogP contribution in [0.3, 0.4) is 0 Å². The van der Waals surface area contributed by atoms with E-state index in [1.54, 1.807) is 0 Å². The average Bonchev–Trinajstić information content (AvgIpc) is 2.75. The van der Waals surface area contributed by atoms with Gasteiger partial charge in [0.1, 0.15) is 5.75 Å². The maximum Gasteiger partial charge on any atom is 0.239 e. The molecule has 0 atom stereocenters. The molecule has 0 aliphatic rings. The molecule has 0 heterocycles. The first-order chi connectivity index (χ1) is 14.8. The number of ether oxygens (including phenoxy) is 1. The molecular weight excluding hydrogens is 372 g/mol. The Morgan fingerprint density at radius 2 is 1.37 bits per heavy atom. The number of anilines is 1. The van der Waals surface area contributed by atoms with Crippen LogP contribution in [0.5, 0.6) is 5.75 Å². The Morgan fingerprint density at radius 3 is 1.93 bits per heavy atom. The summed E-state index contributed by atoms with van der Waals surface area (Å²) in [5.41, 5.74) is 0.910. The number of benzene rings is 1. The summed E-state index contributed by atoms with van der Waals surface area (Å²) in [6.45, 7) is 5.96. The molecule has 0 spiro atoms. The monoisotopic (exact) mass is 418 g/mol. The van der Waals surface area contributed by atoms with Gasteiger partial charge in [0, 0.05) is 18.3 Å². The second-order valence-corrected chi connectivity index (χ2v) is 8.26. The van der Waals surface area contributed by atoms with E-state index in [1.165, 1.54) is 83.5 Å². The maximum atomic E-state index is 12.0. The highest BCUT2D eigenvalue weighted by atomic mass is 16.5. The van der Waals surface area contributed by atoms with Gasteiger partial charge < -0.3 is 15.4 Å². The van der Waals surface area contributed by atoms with Crippen molar-refractivity contribution in [3.8, 4) is 5.75 Å². The van der Waals surface area contributed by atoms with E-state index in [1.807, 2.05) is 31.2 Å². The van der Waals surface area contributed by atoms with E-state index >= 15 is 0 Å². The number of carbonyl (C=O) groups is 1. The molecule has 0 saturated carbocycles. The molecule has 0 saturated heterocycles. The largest absolute Gasteiger partial charge is 0.494 e. The van der Waals surface area contributed by atoms with Crippen LogP contribution in [0.4, 0.5) is 5.69 Å². The third-order valence-corrected chi connectivity index (χ3v) is 5.45. The van der Waals surface area contributed by atoms with E-state index < -0.39 is 0 Å². The summed E-state index contributed by atoms with van der Waals surface area (Å²) in [7, 11) is 0. The first-order valence-electron chi connectivity index (χ1n) is 12.5. The lowest BCUT2D eigenvalue weighted by molar-refractivity contribution is -0.119. The van der Waals surface area contributed by atoms with Crippen LogP contribution in [0, 0.1) is 0 Å². The fraction of sp³-hybridized carbons (Fsp3) is 0.731. The Balaban J connectivity index is 1.86. The molecule has 30 heavy (non-hydrogen) atoms. The predicted molar refractivity (Wildman–Crippen MR) is 129 cm³/mol. The number of unbranched alkanes of at least 4 members (excludes halogenated alkanes) is 13. The number of hydrogen-bond donors (Lipinski definition) is 2. The fourth-order valence-electron chi connectivity index (χ4n) is 3.65. The summed E-state index contributed by atoms with van der Waals surface area (Å²) in [5.74, 6) is 0.872. The minimum atomic E-state index is 0.0477. The van der Waals surface area contributed by atoms with E-state index in [4.69, 9.17) is 4.74 Å². The second-order valence-electron chi connectivity index (χ2n) is 8.26. The summed E-state index contributed by atoms with van der Waals surface area (Å²) >= 11 is 0. The fourth-order valence-corrected chi connectivity index (χ4v) is 3.65. The first-order valence-corrected chi connectivity index (χ1v) is 12.5. The molecule has 1 rings (SSSR count). The van der Waals surface area contributed by atoms with Crippen molar-refractivity contribution in [2.75, 3.05) is 25.0 Å². The lowest BCUT2D eigenvalue weighted by Crippen LogP contribution is -2.30. The third kappa shape index (κ3) is 15.2. The van der Waals surface area contributed by atoms with Crippen LogP contribution in [0.2, 0.25) is 0 Å². The third-order valence-electron chi connectivity index (χ3n) is 5.45. The Bertz CT molecular complexity index is 534. The number of hydrogen-bond acceptors (Lipinski definition) is 3. The molecule has 0 aromatic heterocycles. The zero-order valence-electron chi connectivity index (χ0n) is 19.6. The molecule has 0 aliphatic heterocycles. The quantitative estimate of drug-likeness (QED) is 0.222. The Morgan fingerprint density at radius 1 is 0.800 bits per heavy atom. The predicted octanol–water partition coefficient (Wildman–Crippen LogP) is 7.09. The number of carbonyl (C=O) groups excluding carboxylic acids is 1. The van der Waals surface area contributed by atoms with Gasteiger partial charge in [0.15, 0.2) is 0 Å². The molecule has 0 radical (unpaired) electrons. The van der Waals surface area contributed by atoms with E-state index in [9.17, 15) is 4.79 Å². The molecule has 0 bridgehead atoms. The maximum absolute atomic E-state index is 12.0. The van der Waals surface area contributed by atoms with Crippen molar-refractivity contribution in [2.45, 2.75) is 104 Å². The Hall–Kier alpha value is -1.71. The van der Waals surface area contributed by atoms with Gasteiger partial charge >= 0.3 is 0 Å². The summed E-state index contributed by atoms with van der Waals surface area (Å²) < 4.78 is 5.47. The SMILES string of the molecule is CCCCCCCCCCCCCCCCNC(=O)CNc1cccc(OCC)c1. The second kappa shape index (κ2) is 19.3. The van der Waals surface area contributed by atoms with Gasteiger partial charge in [-0.15, -0.1) is 0 Å². The normalized spacial score (nSPS) is 10.7. The van der Waals surface area contributed by atoms with Crippen LogP contribution in [-0.4, -0.2) is 25.6 Å². The van der Waals surface area contributed by atoms with Crippen LogP contribution in [0.1, 0.15) is 104 Å². The van der Waals surface area contributed by atoms with Gasteiger partial charge in [0.2, 0.25) is 5.91 Å². The standard InChI is InChI=1S/C26H46N2O2/c1-3-5-6-7-8-9-10-11-12-13-14-15-16-17-21-27-26(29)23-28-24-19-18-20-25(22-24)30-4-2/h18-20,22,28H,3-17,21,23H2,1-2H3,(H,27,29). The molecule has 1 aromatic rings. The van der Waals surface area contributed by atoms with Gasteiger partial charge in [-0.2, -0.15) is 0 Å². The molecular formula is C26H46N2O2. The van der Waals surface area contributed by atoms with Crippen LogP contribution in [0.15, 0.2) is 24.3 Å². The van der Waals surface area contributed by atoms with Crippen molar-refractivity contribution < 1.29 is 9.53 Å². The van der Waals surface area contributed by atoms with Gasteiger partial charge in [0.25, 0.3) is 0 Å². The van der Waals surface area contributed by atoms with E-state index in [2.05, 4.69) is 17.6 Å². The van der Waals surface area contributed by atoms with Crippen molar-refractivity contribution in [1.82, 2.24) is 5.32 Å². The topological polar surface area (TPSA) is 50.4 Å². The van der Waals surface area contributed by atoms with Gasteiger partial charge in [-0.1, -0.05) is 96.5 Å². The Labute approximate surface area is 185 Å². The molecule has 0 unspecified atom stereocenters. The highest BCUT2D eigenvalue weighted by molar-refractivity contribution is 5.80. The van der Waals surface area contributed by atoms with Gasteiger partial charge in [0.05, 0.1) is 13.2 Å². The summed E-state index contributed by atoms with van der Waals surface area (Å²) in [4.78, 5) is 12.0. The number of nitrogens with one attached hydrogen (secondary N) is 2. The van der Waals surface area contributed by atoms with Crippen molar-refractivity contribution in [2.24, 2.45) is 0 Å². The molecule has 4 heteroatoms. The van der Waals surface area contributed by atoms with Crippen molar-refractivity contribution in [1.29, 1.82) is 0 Å². The number of amides is 1. The van der Waals surface area contributed by atoms with Crippen LogP contribution < -0.4 is 15.4 Å². The molecule has 2 N–H and O–H groups in total. The van der Waals surface area contributed by atoms with Gasteiger partial charge in [-0.05, 0) is 25.5 Å². The minimum absolute atomic E-state index is 0.0477. The summed E-state index contributed by atoms with van der Waals surface area (Å²) in [6, 6.07) is 7.72. The van der Waals surface area contributed by atoms with Gasteiger partial charge in [-0.3, -0.25) is 4.79 Å². The molecule has 0 fully saturated rings. The van der Waals surface area contributed by atoms with Crippen molar-refractivity contribution >= 4 is 11.6 Å². The smallest absolute Gasteiger partial charge is 0.239 e. The van der Waals surface area contributed by atoms with Gasteiger partial charge in [-0.25, -0.2) is 0 Å².